The number of unbranched alkanes of at least 4 members (excludes halogenated alkanes) is 1. The second kappa shape index (κ2) is 13.2. The maximum atomic E-state index is 12.4. The predicted octanol–water partition coefficient (Wildman–Crippen LogP) is 4.03. The zero-order valence-electron chi connectivity index (χ0n) is 16.9. The zero-order valence-corrected chi connectivity index (χ0v) is 19.2. The summed E-state index contributed by atoms with van der Waals surface area (Å²) in [6.45, 7) is 6.94. The minimum atomic E-state index is -0.121. The summed E-state index contributed by atoms with van der Waals surface area (Å²) >= 11 is 0. The lowest BCUT2D eigenvalue weighted by Crippen LogP contribution is -2.39. The zero-order chi connectivity index (χ0) is 19.5. The van der Waals surface area contributed by atoms with Gasteiger partial charge in [-0.1, -0.05) is 25.5 Å². The van der Waals surface area contributed by atoms with Gasteiger partial charge in [-0.3, -0.25) is 4.79 Å². The van der Waals surface area contributed by atoms with E-state index in [1.807, 2.05) is 30.3 Å². The number of amides is 1. The Morgan fingerprint density at radius 2 is 2.00 bits per heavy atom. The Kier molecular flexibility index (Phi) is 11.3. The van der Waals surface area contributed by atoms with Crippen molar-refractivity contribution in [3.8, 4) is 0 Å². The van der Waals surface area contributed by atoms with Gasteiger partial charge in [-0.15, -0.1) is 24.0 Å². The fourth-order valence-electron chi connectivity index (χ4n) is 2.63. The van der Waals surface area contributed by atoms with Crippen LogP contribution >= 0.6 is 24.0 Å². The molecule has 0 spiro atoms. The summed E-state index contributed by atoms with van der Waals surface area (Å²) in [5.74, 6) is 1.50. The van der Waals surface area contributed by atoms with Crippen molar-refractivity contribution in [3.63, 3.8) is 0 Å². The SMILES string of the molecule is CCCCN(C)C(=NCc1cccc(C(=O)NCc2ccco2)c1)NCC.I. The average Bonchev–Trinajstić information content (AvgIpc) is 3.21. The van der Waals surface area contributed by atoms with Crippen LogP contribution in [0.3, 0.4) is 0 Å². The van der Waals surface area contributed by atoms with Crippen molar-refractivity contribution >= 4 is 35.8 Å². The van der Waals surface area contributed by atoms with E-state index in [-0.39, 0.29) is 29.9 Å². The molecule has 0 bridgehead atoms. The van der Waals surface area contributed by atoms with Crippen molar-refractivity contribution in [2.24, 2.45) is 4.99 Å². The molecule has 154 valence electrons. The monoisotopic (exact) mass is 498 g/mol. The second-order valence-electron chi connectivity index (χ2n) is 6.41. The molecule has 0 aliphatic rings. The third-order valence-electron chi connectivity index (χ3n) is 4.15. The quantitative estimate of drug-likeness (QED) is 0.311. The van der Waals surface area contributed by atoms with Crippen LogP contribution < -0.4 is 10.6 Å². The molecular weight excluding hydrogens is 467 g/mol. The van der Waals surface area contributed by atoms with E-state index < -0.39 is 0 Å². The first-order valence-electron chi connectivity index (χ1n) is 9.53. The molecule has 0 radical (unpaired) electrons. The number of nitrogens with one attached hydrogen (secondary N) is 2. The van der Waals surface area contributed by atoms with Crippen LogP contribution in [0.1, 0.15) is 48.4 Å². The van der Waals surface area contributed by atoms with Crippen LogP contribution in [-0.2, 0) is 13.1 Å². The van der Waals surface area contributed by atoms with E-state index in [0.717, 1.165) is 43.2 Å². The molecule has 28 heavy (non-hydrogen) atoms. The molecule has 0 aliphatic carbocycles. The van der Waals surface area contributed by atoms with Crippen LogP contribution in [-0.4, -0.2) is 36.9 Å². The Morgan fingerprint density at radius 3 is 2.68 bits per heavy atom. The summed E-state index contributed by atoms with van der Waals surface area (Å²) in [7, 11) is 2.05. The first kappa shape index (κ1) is 24.0. The molecule has 1 amide bonds. The molecule has 0 aliphatic heterocycles. The lowest BCUT2D eigenvalue weighted by Gasteiger charge is -2.21. The van der Waals surface area contributed by atoms with Gasteiger partial charge in [0, 0.05) is 25.7 Å². The van der Waals surface area contributed by atoms with Gasteiger partial charge in [0.15, 0.2) is 5.96 Å². The molecule has 7 heteroatoms. The Hall–Kier alpha value is -2.03. The maximum absolute atomic E-state index is 12.4. The lowest BCUT2D eigenvalue weighted by atomic mass is 10.1. The van der Waals surface area contributed by atoms with Gasteiger partial charge in [0.05, 0.1) is 19.4 Å². The molecule has 2 N–H and O–H groups in total. The number of benzene rings is 1. The van der Waals surface area contributed by atoms with E-state index in [0.29, 0.717) is 18.7 Å². The van der Waals surface area contributed by atoms with Crippen LogP contribution in [0.25, 0.3) is 0 Å². The molecule has 0 atom stereocenters. The van der Waals surface area contributed by atoms with Gasteiger partial charge in [0.1, 0.15) is 5.76 Å². The fraction of sp³-hybridized carbons (Fsp3) is 0.429. The highest BCUT2D eigenvalue weighted by molar-refractivity contribution is 14.0. The summed E-state index contributed by atoms with van der Waals surface area (Å²) in [5, 5.41) is 6.19. The standard InChI is InChI=1S/C21H30N4O2.HI/c1-4-6-12-25(3)21(22-5-2)24-15-17-9-7-10-18(14-17)20(26)23-16-19-11-8-13-27-19;/h7-11,13-14H,4-6,12,15-16H2,1-3H3,(H,22,24)(H,23,26);1H. The van der Waals surface area contributed by atoms with Gasteiger partial charge in [-0.2, -0.15) is 0 Å². The van der Waals surface area contributed by atoms with Crippen LogP contribution in [0.5, 0.6) is 0 Å². The predicted molar refractivity (Wildman–Crippen MR) is 124 cm³/mol. The Labute approximate surface area is 184 Å². The summed E-state index contributed by atoms with van der Waals surface area (Å²) in [4.78, 5) is 19.2. The largest absolute Gasteiger partial charge is 0.467 e. The van der Waals surface area contributed by atoms with Gasteiger partial charge >= 0.3 is 0 Å². The Morgan fingerprint density at radius 1 is 1.18 bits per heavy atom. The van der Waals surface area contributed by atoms with Crippen LogP contribution in [0.4, 0.5) is 0 Å². The van der Waals surface area contributed by atoms with Gasteiger partial charge in [-0.05, 0) is 43.2 Å². The van der Waals surface area contributed by atoms with Crippen LogP contribution in [0.2, 0.25) is 0 Å². The molecular formula is C21H31IN4O2. The number of halogens is 1. The normalized spacial score (nSPS) is 10.9. The van der Waals surface area contributed by atoms with Gasteiger partial charge in [-0.25, -0.2) is 4.99 Å². The van der Waals surface area contributed by atoms with E-state index in [2.05, 4.69) is 36.4 Å². The molecule has 0 fully saturated rings. The van der Waals surface area contributed by atoms with Crippen LogP contribution in [0, 0.1) is 0 Å². The molecule has 1 aromatic heterocycles. The third kappa shape index (κ3) is 7.92. The number of hydrogen-bond acceptors (Lipinski definition) is 3. The number of furan rings is 1. The van der Waals surface area contributed by atoms with E-state index in [4.69, 9.17) is 9.41 Å². The molecule has 1 heterocycles. The fourth-order valence-corrected chi connectivity index (χ4v) is 2.63. The average molecular weight is 498 g/mol. The molecule has 0 saturated heterocycles. The summed E-state index contributed by atoms with van der Waals surface area (Å²) < 4.78 is 5.24. The Balaban J connectivity index is 0.00000392. The van der Waals surface area contributed by atoms with E-state index >= 15 is 0 Å². The van der Waals surface area contributed by atoms with Crippen molar-refractivity contribution in [2.45, 2.75) is 39.8 Å². The van der Waals surface area contributed by atoms with Gasteiger partial charge < -0.3 is 20.0 Å². The van der Waals surface area contributed by atoms with Crippen molar-refractivity contribution < 1.29 is 9.21 Å². The van der Waals surface area contributed by atoms with E-state index in [1.165, 1.54) is 0 Å². The number of nitrogens with zero attached hydrogens (tertiary/aromatic N) is 2. The first-order valence-corrected chi connectivity index (χ1v) is 9.53. The molecule has 2 aromatic rings. The minimum Gasteiger partial charge on any atom is -0.467 e. The molecule has 6 nitrogen and oxygen atoms in total. The molecule has 0 unspecified atom stereocenters. The van der Waals surface area contributed by atoms with Crippen molar-refractivity contribution in [2.75, 3.05) is 20.1 Å². The van der Waals surface area contributed by atoms with Gasteiger partial charge in [0.25, 0.3) is 5.91 Å². The summed E-state index contributed by atoms with van der Waals surface area (Å²) in [6.07, 6.45) is 3.88. The van der Waals surface area contributed by atoms with Gasteiger partial charge in [0.2, 0.25) is 0 Å². The Bertz CT molecular complexity index is 732. The molecule has 2 rings (SSSR count). The number of carbonyl (C=O) groups is 1. The highest BCUT2D eigenvalue weighted by Gasteiger charge is 2.08. The van der Waals surface area contributed by atoms with Crippen molar-refractivity contribution in [1.29, 1.82) is 0 Å². The number of carbonyl (C=O) groups excluding carboxylic acids is 1. The summed E-state index contributed by atoms with van der Waals surface area (Å²) in [5.41, 5.74) is 1.62. The smallest absolute Gasteiger partial charge is 0.251 e. The topological polar surface area (TPSA) is 69.9 Å². The third-order valence-corrected chi connectivity index (χ3v) is 4.15. The number of hydrogen-bond donors (Lipinski definition) is 2. The highest BCUT2D eigenvalue weighted by Crippen LogP contribution is 2.08. The van der Waals surface area contributed by atoms with Crippen LogP contribution in [0.15, 0.2) is 52.1 Å². The minimum absolute atomic E-state index is 0. The number of aliphatic imine (C=N–C) groups is 1. The van der Waals surface area contributed by atoms with Crippen molar-refractivity contribution in [3.05, 3.63) is 59.5 Å². The van der Waals surface area contributed by atoms with E-state index in [1.54, 1.807) is 12.3 Å². The summed E-state index contributed by atoms with van der Waals surface area (Å²) in [6, 6.07) is 11.2. The highest BCUT2D eigenvalue weighted by atomic mass is 127. The van der Waals surface area contributed by atoms with Crippen molar-refractivity contribution in [1.82, 2.24) is 15.5 Å². The molecule has 1 aromatic carbocycles. The number of guanidine groups is 1. The van der Waals surface area contributed by atoms with E-state index in [9.17, 15) is 4.79 Å². The first-order chi connectivity index (χ1) is 13.1. The maximum Gasteiger partial charge on any atom is 0.251 e. The lowest BCUT2D eigenvalue weighted by molar-refractivity contribution is 0.0948. The molecule has 0 saturated carbocycles. The number of rotatable bonds is 9. The second-order valence-corrected chi connectivity index (χ2v) is 6.41.